The molecule has 0 atom stereocenters. The van der Waals surface area contributed by atoms with E-state index in [0.29, 0.717) is 6.42 Å². The molecule has 0 unspecified atom stereocenters. The minimum absolute atomic E-state index is 0.0399. The molecule has 1 aromatic heterocycles. The summed E-state index contributed by atoms with van der Waals surface area (Å²) in [4.78, 5) is 14.2. The fraction of sp³-hybridized carbons (Fsp3) is 0.667. The van der Waals surface area contributed by atoms with Crippen molar-refractivity contribution >= 4 is 17.2 Å². The predicted octanol–water partition coefficient (Wildman–Crippen LogP) is 3.02. The number of hydrogen-bond acceptors (Lipinski definition) is 3. The van der Waals surface area contributed by atoms with Crippen molar-refractivity contribution in [1.29, 1.82) is 0 Å². The van der Waals surface area contributed by atoms with Gasteiger partial charge in [-0.05, 0) is 42.3 Å². The van der Waals surface area contributed by atoms with Crippen LogP contribution in [0.15, 0.2) is 16.8 Å². The molecule has 0 radical (unpaired) electrons. The zero-order valence-corrected chi connectivity index (χ0v) is 12.8. The highest BCUT2D eigenvalue weighted by Crippen LogP contribution is 2.31. The summed E-state index contributed by atoms with van der Waals surface area (Å²) in [6, 6.07) is 2.09. The maximum absolute atomic E-state index is 12.4. The van der Waals surface area contributed by atoms with E-state index in [0.717, 1.165) is 19.4 Å². The summed E-state index contributed by atoms with van der Waals surface area (Å²) in [6.45, 7) is 0.724. The molecule has 1 aliphatic rings. The van der Waals surface area contributed by atoms with Crippen molar-refractivity contribution in [3.05, 3.63) is 22.4 Å². The average Bonchev–Trinajstić information content (AvgIpc) is 2.92. The van der Waals surface area contributed by atoms with Gasteiger partial charge in [-0.15, -0.1) is 0 Å². The van der Waals surface area contributed by atoms with E-state index in [1.807, 2.05) is 19.0 Å². The summed E-state index contributed by atoms with van der Waals surface area (Å²) in [6.07, 6.45) is 6.67. The number of nitrogens with zero attached hydrogens (tertiary/aromatic N) is 1. The fourth-order valence-electron chi connectivity index (χ4n) is 2.91. The number of nitrogens with one attached hydrogen (secondary N) is 1. The van der Waals surface area contributed by atoms with Gasteiger partial charge in [-0.3, -0.25) is 4.79 Å². The van der Waals surface area contributed by atoms with Gasteiger partial charge in [0.1, 0.15) is 0 Å². The van der Waals surface area contributed by atoms with Crippen LogP contribution in [0.2, 0.25) is 0 Å². The molecule has 2 rings (SSSR count). The first kappa shape index (κ1) is 14.5. The minimum Gasteiger partial charge on any atom is -0.341 e. The Balaban J connectivity index is 1.91. The number of hydrogen-bond donors (Lipinski definition) is 1. The van der Waals surface area contributed by atoms with Crippen molar-refractivity contribution in [3.63, 3.8) is 0 Å². The molecule has 3 nitrogen and oxygen atoms in total. The van der Waals surface area contributed by atoms with E-state index in [1.165, 1.54) is 24.8 Å². The zero-order chi connectivity index (χ0) is 13.7. The van der Waals surface area contributed by atoms with Crippen LogP contribution in [0.3, 0.4) is 0 Å². The predicted molar refractivity (Wildman–Crippen MR) is 80.3 cm³/mol. The second-order valence-corrected chi connectivity index (χ2v) is 6.43. The summed E-state index contributed by atoms with van der Waals surface area (Å²) < 4.78 is 0. The number of rotatable bonds is 5. The van der Waals surface area contributed by atoms with Crippen LogP contribution in [-0.2, 0) is 11.3 Å². The van der Waals surface area contributed by atoms with Crippen molar-refractivity contribution in [2.75, 3.05) is 14.1 Å². The third-order valence-electron chi connectivity index (χ3n) is 4.26. The Morgan fingerprint density at radius 2 is 2.16 bits per heavy atom. The molecule has 1 fully saturated rings. The standard InChI is InChI=1S/C15H24N2OS/c1-16-15(7-4-3-5-8-15)10-14(18)17(2)11-13-6-9-19-12-13/h6,9,12,16H,3-5,7-8,10-11H2,1-2H3. The minimum atomic E-state index is 0.0399. The van der Waals surface area contributed by atoms with Gasteiger partial charge in [0.25, 0.3) is 0 Å². The first-order valence-corrected chi connectivity index (χ1v) is 8.03. The van der Waals surface area contributed by atoms with E-state index in [9.17, 15) is 4.79 Å². The Morgan fingerprint density at radius 3 is 2.74 bits per heavy atom. The third-order valence-corrected chi connectivity index (χ3v) is 4.99. The normalized spacial score (nSPS) is 18.2. The van der Waals surface area contributed by atoms with Crippen LogP contribution < -0.4 is 5.32 Å². The monoisotopic (exact) mass is 280 g/mol. The third kappa shape index (κ3) is 3.80. The molecule has 1 saturated carbocycles. The lowest BCUT2D eigenvalue weighted by Crippen LogP contribution is -2.48. The topological polar surface area (TPSA) is 32.3 Å². The first-order valence-electron chi connectivity index (χ1n) is 7.09. The molecule has 0 bridgehead atoms. The molecule has 1 aromatic rings. The average molecular weight is 280 g/mol. The summed E-state index contributed by atoms with van der Waals surface area (Å²) in [5.74, 6) is 0.252. The Labute approximate surface area is 120 Å². The summed E-state index contributed by atoms with van der Waals surface area (Å²) in [5, 5.41) is 7.59. The molecule has 1 aliphatic carbocycles. The molecule has 0 saturated heterocycles. The number of carbonyl (C=O) groups excluding carboxylic acids is 1. The van der Waals surface area contributed by atoms with Crippen molar-refractivity contribution in [1.82, 2.24) is 10.2 Å². The van der Waals surface area contributed by atoms with Crippen LogP contribution in [0.25, 0.3) is 0 Å². The molecule has 0 aromatic carbocycles. The fourth-order valence-corrected chi connectivity index (χ4v) is 3.57. The maximum Gasteiger partial charge on any atom is 0.224 e. The second-order valence-electron chi connectivity index (χ2n) is 5.65. The highest BCUT2D eigenvalue weighted by Gasteiger charge is 2.33. The van der Waals surface area contributed by atoms with Crippen molar-refractivity contribution < 1.29 is 4.79 Å². The van der Waals surface area contributed by atoms with Gasteiger partial charge >= 0.3 is 0 Å². The van der Waals surface area contributed by atoms with Crippen molar-refractivity contribution in [2.45, 2.75) is 50.6 Å². The Hall–Kier alpha value is -0.870. The molecule has 0 spiro atoms. The van der Waals surface area contributed by atoms with Gasteiger partial charge < -0.3 is 10.2 Å². The second kappa shape index (κ2) is 6.53. The molecular formula is C15H24N2OS. The van der Waals surface area contributed by atoms with Gasteiger partial charge in [0.05, 0.1) is 0 Å². The first-order chi connectivity index (χ1) is 9.15. The van der Waals surface area contributed by atoms with Gasteiger partial charge in [-0.1, -0.05) is 19.3 Å². The van der Waals surface area contributed by atoms with Gasteiger partial charge in [0.2, 0.25) is 5.91 Å². The lowest BCUT2D eigenvalue weighted by Gasteiger charge is -2.37. The van der Waals surface area contributed by atoms with E-state index in [4.69, 9.17) is 0 Å². The van der Waals surface area contributed by atoms with Crippen LogP contribution in [0.5, 0.6) is 0 Å². The summed E-state index contributed by atoms with van der Waals surface area (Å²) >= 11 is 1.68. The molecular weight excluding hydrogens is 256 g/mol. The molecule has 1 heterocycles. The number of carbonyl (C=O) groups is 1. The lowest BCUT2D eigenvalue weighted by atomic mass is 9.79. The highest BCUT2D eigenvalue weighted by atomic mass is 32.1. The van der Waals surface area contributed by atoms with E-state index in [2.05, 4.69) is 22.1 Å². The van der Waals surface area contributed by atoms with Crippen molar-refractivity contribution in [3.8, 4) is 0 Å². The Bertz CT molecular complexity index is 396. The van der Waals surface area contributed by atoms with Gasteiger partial charge in [-0.25, -0.2) is 0 Å². The molecule has 4 heteroatoms. The largest absolute Gasteiger partial charge is 0.341 e. The molecule has 19 heavy (non-hydrogen) atoms. The Kier molecular flexibility index (Phi) is 4.99. The van der Waals surface area contributed by atoms with Gasteiger partial charge in [0, 0.05) is 25.6 Å². The van der Waals surface area contributed by atoms with Crippen LogP contribution >= 0.6 is 11.3 Å². The quantitative estimate of drug-likeness (QED) is 0.899. The van der Waals surface area contributed by atoms with Crippen LogP contribution in [0, 0.1) is 0 Å². The van der Waals surface area contributed by atoms with E-state index in [1.54, 1.807) is 11.3 Å². The SMILES string of the molecule is CNC1(CC(=O)N(C)Cc2ccsc2)CCCCC1. The van der Waals surface area contributed by atoms with Gasteiger partial charge in [-0.2, -0.15) is 11.3 Å². The van der Waals surface area contributed by atoms with E-state index in [-0.39, 0.29) is 11.4 Å². The molecule has 0 aliphatic heterocycles. The number of thiophene rings is 1. The van der Waals surface area contributed by atoms with Gasteiger partial charge in [0.15, 0.2) is 0 Å². The molecule has 1 N–H and O–H groups in total. The number of amides is 1. The van der Waals surface area contributed by atoms with E-state index >= 15 is 0 Å². The molecule has 106 valence electrons. The lowest BCUT2D eigenvalue weighted by molar-refractivity contribution is -0.132. The molecule has 1 amide bonds. The van der Waals surface area contributed by atoms with Crippen LogP contribution in [0.1, 0.15) is 44.1 Å². The maximum atomic E-state index is 12.4. The smallest absolute Gasteiger partial charge is 0.224 e. The van der Waals surface area contributed by atoms with E-state index < -0.39 is 0 Å². The van der Waals surface area contributed by atoms with Crippen LogP contribution in [0.4, 0.5) is 0 Å². The highest BCUT2D eigenvalue weighted by molar-refractivity contribution is 7.07. The van der Waals surface area contributed by atoms with Crippen LogP contribution in [-0.4, -0.2) is 30.4 Å². The Morgan fingerprint density at radius 1 is 1.42 bits per heavy atom. The van der Waals surface area contributed by atoms with Crippen molar-refractivity contribution in [2.24, 2.45) is 0 Å². The summed E-state index contributed by atoms with van der Waals surface area (Å²) in [7, 11) is 3.91. The zero-order valence-electron chi connectivity index (χ0n) is 11.9. The summed E-state index contributed by atoms with van der Waals surface area (Å²) in [5.41, 5.74) is 1.26.